The van der Waals surface area contributed by atoms with Crippen molar-refractivity contribution in [3.8, 4) is 0 Å². The first-order valence-corrected chi connectivity index (χ1v) is 8.80. The molecule has 0 aliphatic heterocycles. The lowest BCUT2D eigenvalue weighted by atomic mass is 9.95. The number of hydrogen-bond acceptors (Lipinski definition) is 2. The summed E-state index contributed by atoms with van der Waals surface area (Å²) < 4.78 is 1.98. The van der Waals surface area contributed by atoms with Gasteiger partial charge in [-0.2, -0.15) is 5.10 Å². The lowest BCUT2D eigenvalue weighted by Crippen LogP contribution is -2.45. The van der Waals surface area contributed by atoms with Crippen LogP contribution < -0.4 is 5.32 Å². The molecular weight excluding hydrogens is 288 g/mol. The van der Waals surface area contributed by atoms with E-state index in [-0.39, 0.29) is 17.6 Å². The number of hydrogen-bond donors (Lipinski definition) is 1. The van der Waals surface area contributed by atoms with Crippen LogP contribution in [0.4, 0.5) is 4.79 Å². The summed E-state index contributed by atoms with van der Waals surface area (Å²) >= 11 is 0. The Kier molecular flexibility index (Phi) is 5.37. The fraction of sp³-hybridized carbons (Fsp3) is 0.778. The molecule has 0 saturated heterocycles. The van der Waals surface area contributed by atoms with Crippen molar-refractivity contribution in [3.05, 3.63) is 17.5 Å². The largest absolute Gasteiger partial charge is 0.331 e. The van der Waals surface area contributed by atoms with Gasteiger partial charge < -0.3 is 10.2 Å². The smallest absolute Gasteiger partial charge is 0.317 e. The maximum Gasteiger partial charge on any atom is 0.317 e. The van der Waals surface area contributed by atoms with Gasteiger partial charge >= 0.3 is 6.03 Å². The van der Waals surface area contributed by atoms with Crippen molar-refractivity contribution in [3.63, 3.8) is 0 Å². The van der Waals surface area contributed by atoms with Gasteiger partial charge in [-0.3, -0.25) is 4.68 Å². The van der Waals surface area contributed by atoms with E-state index in [0.29, 0.717) is 6.04 Å². The first-order chi connectivity index (χ1) is 10.7. The molecule has 1 fully saturated rings. The molecule has 5 nitrogen and oxygen atoms in total. The number of carbonyl (C=O) groups is 1. The lowest BCUT2D eigenvalue weighted by Gasteiger charge is -2.32. The summed E-state index contributed by atoms with van der Waals surface area (Å²) in [6.45, 7) is 10.4. The third kappa shape index (κ3) is 4.27. The molecule has 2 rings (SSSR count). The molecule has 23 heavy (non-hydrogen) atoms. The number of nitrogens with zero attached hydrogens (tertiary/aromatic N) is 3. The van der Waals surface area contributed by atoms with E-state index >= 15 is 0 Å². The molecular formula is C18H32N4O. The maximum absolute atomic E-state index is 12.5. The highest BCUT2D eigenvalue weighted by Crippen LogP contribution is 2.24. The molecule has 1 heterocycles. The number of urea groups is 1. The van der Waals surface area contributed by atoms with Gasteiger partial charge in [0.2, 0.25) is 0 Å². The van der Waals surface area contributed by atoms with Crippen LogP contribution in [-0.4, -0.2) is 33.8 Å². The van der Waals surface area contributed by atoms with Crippen molar-refractivity contribution in [2.24, 2.45) is 0 Å². The van der Waals surface area contributed by atoms with E-state index in [9.17, 15) is 4.79 Å². The van der Waals surface area contributed by atoms with Gasteiger partial charge in [0.05, 0.1) is 17.3 Å². The number of rotatable bonds is 3. The van der Waals surface area contributed by atoms with Crippen LogP contribution in [-0.2, 0) is 5.54 Å². The average Bonchev–Trinajstić information content (AvgIpc) is 2.89. The predicted molar refractivity (Wildman–Crippen MR) is 93.5 cm³/mol. The van der Waals surface area contributed by atoms with Crippen molar-refractivity contribution in [2.45, 2.75) is 84.3 Å². The first kappa shape index (κ1) is 17.8. The third-order valence-corrected chi connectivity index (χ3v) is 4.87. The lowest BCUT2D eigenvalue weighted by molar-refractivity contribution is 0.171. The molecule has 1 aromatic rings. The molecule has 0 spiro atoms. The van der Waals surface area contributed by atoms with E-state index in [1.807, 2.05) is 30.5 Å². The quantitative estimate of drug-likeness (QED) is 0.915. The van der Waals surface area contributed by atoms with Crippen molar-refractivity contribution in [1.29, 1.82) is 0 Å². The molecule has 0 radical (unpaired) electrons. The Labute approximate surface area is 140 Å². The highest BCUT2D eigenvalue weighted by Gasteiger charge is 2.25. The molecule has 1 saturated carbocycles. The molecule has 5 heteroatoms. The van der Waals surface area contributed by atoms with Crippen LogP contribution in [0.25, 0.3) is 0 Å². The van der Waals surface area contributed by atoms with Crippen molar-refractivity contribution in [1.82, 2.24) is 20.0 Å². The molecule has 130 valence electrons. The van der Waals surface area contributed by atoms with Crippen molar-refractivity contribution in [2.75, 3.05) is 7.05 Å². The second kappa shape index (κ2) is 6.93. The fourth-order valence-electron chi connectivity index (χ4n) is 3.24. The zero-order valence-electron chi connectivity index (χ0n) is 15.5. The molecule has 0 aromatic carbocycles. The topological polar surface area (TPSA) is 50.2 Å². The van der Waals surface area contributed by atoms with Gasteiger partial charge in [0.1, 0.15) is 0 Å². The van der Waals surface area contributed by atoms with E-state index in [4.69, 9.17) is 0 Å². The van der Waals surface area contributed by atoms with E-state index in [1.54, 1.807) is 0 Å². The maximum atomic E-state index is 12.5. The minimum Gasteiger partial charge on any atom is -0.331 e. The van der Waals surface area contributed by atoms with E-state index in [0.717, 1.165) is 24.1 Å². The second-order valence-electron chi connectivity index (χ2n) is 7.86. The third-order valence-electron chi connectivity index (χ3n) is 4.87. The van der Waals surface area contributed by atoms with Crippen LogP contribution in [0.1, 0.15) is 77.1 Å². The number of aryl methyl sites for hydroxylation is 1. The highest BCUT2D eigenvalue weighted by molar-refractivity contribution is 5.74. The molecule has 1 atom stereocenters. The Morgan fingerprint density at radius 3 is 2.48 bits per heavy atom. The monoisotopic (exact) mass is 320 g/mol. The van der Waals surface area contributed by atoms with Gasteiger partial charge in [-0.25, -0.2) is 4.79 Å². The molecule has 2 amide bonds. The van der Waals surface area contributed by atoms with Gasteiger partial charge in [0, 0.05) is 24.8 Å². The minimum absolute atomic E-state index is 0.0207. The van der Waals surface area contributed by atoms with Gasteiger partial charge in [-0.15, -0.1) is 0 Å². The Bertz CT molecular complexity index is 538. The van der Waals surface area contributed by atoms with Gasteiger partial charge in [0.25, 0.3) is 0 Å². The summed E-state index contributed by atoms with van der Waals surface area (Å²) in [6.07, 6.45) is 8.07. The van der Waals surface area contributed by atoms with Crippen LogP contribution >= 0.6 is 0 Å². The average molecular weight is 320 g/mol. The molecule has 0 bridgehead atoms. The predicted octanol–water partition coefficient (Wildman–Crippen LogP) is 3.98. The molecule has 0 unspecified atom stereocenters. The van der Waals surface area contributed by atoms with Gasteiger partial charge in [-0.1, -0.05) is 19.3 Å². The van der Waals surface area contributed by atoms with Gasteiger partial charge in [0.15, 0.2) is 0 Å². The summed E-state index contributed by atoms with van der Waals surface area (Å²) in [5.41, 5.74) is 2.02. The first-order valence-electron chi connectivity index (χ1n) is 8.80. The molecule has 1 aromatic heterocycles. The minimum atomic E-state index is -0.0500. The standard InChI is InChI=1S/C18H32N4O/c1-13(16-12-22(18(3,4)5)20-14(16)2)19-17(23)21(6)15-10-8-7-9-11-15/h12-13,15H,7-11H2,1-6H3,(H,19,23)/t13-/m0/s1. The van der Waals surface area contributed by atoms with Gasteiger partial charge in [-0.05, 0) is 47.5 Å². The Morgan fingerprint density at radius 2 is 1.96 bits per heavy atom. The summed E-state index contributed by atoms with van der Waals surface area (Å²) in [6, 6.07) is 0.367. The fourth-order valence-corrected chi connectivity index (χ4v) is 3.24. The summed E-state index contributed by atoms with van der Waals surface area (Å²) in [5, 5.41) is 7.73. The Balaban J connectivity index is 2.02. The summed E-state index contributed by atoms with van der Waals surface area (Å²) in [4.78, 5) is 14.4. The summed E-state index contributed by atoms with van der Waals surface area (Å²) in [5.74, 6) is 0. The number of carbonyl (C=O) groups excluding carboxylic acids is 1. The zero-order valence-corrected chi connectivity index (χ0v) is 15.5. The second-order valence-corrected chi connectivity index (χ2v) is 7.86. The van der Waals surface area contributed by atoms with E-state index in [2.05, 4.69) is 37.4 Å². The molecule has 1 N–H and O–H groups in total. The van der Waals surface area contributed by atoms with Crippen molar-refractivity contribution >= 4 is 6.03 Å². The molecule has 1 aliphatic carbocycles. The number of nitrogens with one attached hydrogen (secondary N) is 1. The number of amides is 2. The highest BCUT2D eigenvalue weighted by atomic mass is 16.2. The van der Waals surface area contributed by atoms with Crippen molar-refractivity contribution < 1.29 is 4.79 Å². The van der Waals surface area contributed by atoms with Crippen LogP contribution in [0, 0.1) is 6.92 Å². The zero-order chi connectivity index (χ0) is 17.2. The Morgan fingerprint density at radius 1 is 1.35 bits per heavy atom. The van der Waals surface area contributed by atoms with Crippen LogP contribution in [0.3, 0.4) is 0 Å². The Hall–Kier alpha value is -1.52. The van der Waals surface area contributed by atoms with E-state index < -0.39 is 0 Å². The molecule has 1 aliphatic rings. The van der Waals surface area contributed by atoms with Crippen LogP contribution in [0.5, 0.6) is 0 Å². The SMILES string of the molecule is Cc1nn(C(C)(C)C)cc1[C@H](C)NC(=O)N(C)C1CCCCC1. The van der Waals surface area contributed by atoms with Crippen LogP contribution in [0.15, 0.2) is 6.20 Å². The normalized spacial score (nSPS) is 17.8. The van der Waals surface area contributed by atoms with E-state index in [1.165, 1.54) is 19.3 Å². The van der Waals surface area contributed by atoms with Crippen LogP contribution in [0.2, 0.25) is 0 Å². The summed E-state index contributed by atoms with van der Waals surface area (Å²) in [7, 11) is 1.92. The number of aromatic nitrogens is 2.